The van der Waals surface area contributed by atoms with E-state index in [1.54, 1.807) is 24.0 Å². The number of anilines is 1. The molecule has 0 spiro atoms. The molecule has 0 saturated carbocycles. The third-order valence-electron chi connectivity index (χ3n) is 9.06. The van der Waals surface area contributed by atoms with Gasteiger partial charge in [0.15, 0.2) is 17.3 Å². The Morgan fingerprint density at radius 1 is 1.02 bits per heavy atom. The molecule has 3 aromatic carbocycles. The van der Waals surface area contributed by atoms with E-state index in [1.807, 2.05) is 54.6 Å². The molecule has 1 N–H and O–H groups in total. The zero-order valence-electron chi connectivity index (χ0n) is 25.4. The van der Waals surface area contributed by atoms with Gasteiger partial charge in [0, 0.05) is 68.0 Å². The van der Waals surface area contributed by atoms with E-state index in [-0.39, 0.29) is 22.4 Å². The minimum atomic E-state index is -0.612. The summed E-state index contributed by atoms with van der Waals surface area (Å²) in [6, 6.07) is 18.3. The highest BCUT2D eigenvalue weighted by Gasteiger charge is 2.30. The van der Waals surface area contributed by atoms with Crippen LogP contribution in [0.4, 0.5) is 10.1 Å². The molecule has 2 aliphatic heterocycles. The van der Waals surface area contributed by atoms with Crippen LogP contribution in [0, 0.1) is 5.82 Å². The second-order valence-electron chi connectivity index (χ2n) is 12.0. The molecule has 5 heterocycles. The number of likely N-dealkylation sites (N-methyl/N-ethyl adjacent to an activating group) is 1. The maximum atomic E-state index is 16.0. The second kappa shape index (κ2) is 11.3. The van der Waals surface area contributed by atoms with E-state index in [1.165, 1.54) is 11.0 Å². The highest BCUT2D eigenvalue weighted by Crippen LogP contribution is 2.47. The molecule has 6 aromatic rings. The van der Waals surface area contributed by atoms with E-state index >= 15 is 4.39 Å². The Balaban J connectivity index is 1.26. The van der Waals surface area contributed by atoms with Gasteiger partial charge in [0.2, 0.25) is 5.43 Å². The van der Waals surface area contributed by atoms with Gasteiger partial charge in [-0.1, -0.05) is 24.3 Å². The first-order valence-electron chi connectivity index (χ1n) is 15.6. The molecule has 2 aliphatic rings. The number of hydrogen-bond acceptors (Lipinski definition) is 7. The average Bonchev–Trinajstić information content (AvgIpc) is 3.73. The lowest BCUT2D eigenvalue weighted by molar-refractivity contribution is 0.0794. The molecule has 9 nitrogen and oxygen atoms in total. The van der Waals surface area contributed by atoms with Crippen LogP contribution in [-0.4, -0.2) is 65.0 Å². The van der Waals surface area contributed by atoms with Crippen molar-refractivity contribution in [2.45, 2.75) is 19.3 Å². The number of rotatable bonds is 8. The van der Waals surface area contributed by atoms with Gasteiger partial charge in [-0.2, -0.15) is 0 Å². The number of likely N-dealkylation sites (tertiary alicyclic amines) is 1. The van der Waals surface area contributed by atoms with Crippen molar-refractivity contribution in [1.29, 1.82) is 0 Å². The molecule has 46 heavy (non-hydrogen) atoms. The van der Waals surface area contributed by atoms with Gasteiger partial charge >= 0.3 is 0 Å². The number of furan rings is 1. The summed E-state index contributed by atoms with van der Waals surface area (Å²) in [5.74, 6) is -0.388. The van der Waals surface area contributed by atoms with Crippen molar-refractivity contribution >= 4 is 44.4 Å². The third kappa shape index (κ3) is 4.76. The summed E-state index contributed by atoms with van der Waals surface area (Å²) >= 11 is 0. The molecule has 1 saturated heterocycles. The van der Waals surface area contributed by atoms with Crippen LogP contribution in [0.25, 0.3) is 38.5 Å². The number of fused-ring (bicyclic) bond motifs is 5. The quantitative estimate of drug-likeness (QED) is 0.212. The monoisotopic (exact) mass is 617 g/mol. The lowest BCUT2D eigenvalue weighted by Gasteiger charge is -2.27. The predicted molar refractivity (Wildman–Crippen MR) is 176 cm³/mol. The fraction of sp³-hybridized carbons (Fsp3) is 0.250. The number of amides is 1. The van der Waals surface area contributed by atoms with Crippen LogP contribution in [-0.2, 0) is 6.42 Å². The lowest BCUT2D eigenvalue weighted by Crippen LogP contribution is -2.33. The van der Waals surface area contributed by atoms with Gasteiger partial charge in [-0.3, -0.25) is 14.6 Å². The minimum Gasteiger partial charge on any atom is -0.456 e. The summed E-state index contributed by atoms with van der Waals surface area (Å²) in [4.78, 5) is 35.9. The van der Waals surface area contributed by atoms with Gasteiger partial charge in [-0.15, -0.1) is 0 Å². The Hall–Kier alpha value is -5.22. The maximum Gasteiger partial charge on any atom is 0.259 e. The number of para-hydroxylation sites is 1. The van der Waals surface area contributed by atoms with Crippen LogP contribution >= 0.6 is 0 Å². The standard InChI is InChI=1S/C36H32FN5O4/c1-40(16-11-22-8-4-5-12-38-22)36(44)26-21-42-28-20-30-24(23-9-2-3-10-29(23)45-30)19-31(28)46-35-32(39-13-17-41-14-6-7-15-41)27(37)18-25(33(35)42)34(26)43/h2-5,8-10,12,18-21,39H,6-7,11,13-17H2,1H3. The Morgan fingerprint density at radius 3 is 2.67 bits per heavy atom. The number of pyridine rings is 2. The second-order valence-corrected chi connectivity index (χ2v) is 12.0. The van der Waals surface area contributed by atoms with E-state index in [2.05, 4.69) is 15.2 Å². The Kier molecular flexibility index (Phi) is 6.94. The van der Waals surface area contributed by atoms with Crippen LogP contribution in [0.5, 0.6) is 11.5 Å². The topological polar surface area (TPSA) is 92.8 Å². The number of nitrogens with one attached hydrogen (secondary N) is 1. The summed E-state index contributed by atoms with van der Waals surface area (Å²) < 4.78 is 30.4. The van der Waals surface area contributed by atoms with E-state index in [0.29, 0.717) is 42.0 Å². The normalized spacial score (nSPS) is 14.1. The van der Waals surface area contributed by atoms with Gasteiger partial charge in [-0.25, -0.2) is 4.39 Å². The van der Waals surface area contributed by atoms with Crippen molar-refractivity contribution in [3.8, 4) is 17.2 Å². The Bertz CT molecular complexity index is 2200. The predicted octanol–water partition coefficient (Wildman–Crippen LogP) is 6.35. The number of carbonyl (C=O) groups excluding carboxylic acids is 1. The van der Waals surface area contributed by atoms with Crippen molar-refractivity contribution in [2.24, 2.45) is 0 Å². The number of hydrogen-bond donors (Lipinski definition) is 1. The number of nitrogens with zero attached hydrogens (tertiary/aromatic N) is 4. The van der Waals surface area contributed by atoms with Crippen LogP contribution < -0.4 is 15.5 Å². The smallest absolute Gasteiger partial charge is 0.259 e. The summed E-state index contributed by atoms with van der Waals surface area (Å²) in [6.07, 6.45) is 6.11. The summed E-state index contributed by atoms with van der Waals surface area (Å²) in [6.45, 7) is 3.69. The molecule has 232 valence electrons. The molecule has 3 aromatic heterocycles. The molecule has 10 heteroatoms. The number of benzene rings is 3. The van der Waals surface area contributed by atoms with Gasteiger partial charge < -0.3 is 28.8 Å². The zero-order valence-corrected chi connectivity index (χ0v) is 25.4. The fourth-order valence-electron chi connectivity index (χ4n) is 6.63. The van der Waals surface area contributed by atoms with Gasteiger partial charge in [0.1, 0.15) is 27.9 Å². The molecule has 1 fully saturated rings. The molecule has 0 atom stereocenters. The maximum absolute atomic E-state index is 16.0. The van der Waals surface area contributed by atoms with E-state index < -0.39 is 17.2 Å². The van der Waals surface area contributed by atoms with Crippen LogP contribution in [0.3, 0.4) is 0 Å². The third-order valence-corrected chi connectivity index (χ3v) is 9.06. The highest BCUT2D eigenvalue weighted by atomic mass is 19.1. The van der Waals surface area contributed by atoms with Gasteiger partial charge in [0.05, 0.1) is 11.1 Å². The van der Waals surface area contributed by atoms with E-state index in [0.717, 1.165) is 54.5 Å². The molecular formula is C36H32FN5O4. The molecule has 0 aliphatic carbocycles. The van der Waals surface area contributed by atoms with Crippen molar-refractivity contribution in [3.05, 3.63) is 100 Å². The summed E-state index contributed by atoms with van der Waals surface area (Å²) in [7, 11) is 1.65. The minimum absolute atomic E-state index is 0.0614. The first kappa shape index (κ1) is 28.3. The molecule has 0 unspecified atom stereocenters. The zero-order chi connectivity index (χ0) is 31.4. The van der Waals surface area contributed by atoms with Crippen molar-refractivity contribution in [1.82, 2.24) is 19.4 Å². The Labute approximate surface area is 263 Å². The van der Waals surface area contributed by atoms with Crippen molar-refractivity contribution < 1.29 is 18.3 Å². The van der Waals surface area contributed by atoms with Crippen LogP contribution in [0.15, 0.2) is 82.3 Å². The molecule has 8 rings (SSSR count). The summed E-state index contributed by atoms with van der Waals surface area (Å²) in [5.41, 5.74) is 2.75. The largest absolute Gasteiger partial charge is 0.456 e. The first-order valence-corrected chi connectivity index (χ1v) is 15.6. The Morgan fingerprint density at radius 2 is 1.85 bits per heavy atom. The molecule has 0 bridgehead atoms. The van der Waals surface area contributed by atoms with Gasteiger partial charge in [-0.05, 0) is 56.3 Å². The number of ether oxygens (including phenoxy) is 1. The number of halogens is 1. The van der Waals surface area contributed by atoms with E-state index in [9.17, 15) is 9.59 Å². The molecule has 1 amide bonds. The molecular weight excluding hydrogens is 585 g/mol. The van der Waals surface area contributed by atoms with Gasteiger partial charge in [0.25, 0.3) is 5.91 Å². The lowest BCUT2D eigenvalue weighted by atomic mass is 10.0. The van der Waals surface area contributed by atoms with Crippen LogP contribution in [0.2, 0.25) is 0 Å². The molecule has 0 radical (unpaired) electrons. The van der Waals surface area contributed by atoms with Crippen LogP contribution in [0.1, 0.15) is 28.9 Å². The SMILES string of the molecule is CN(CCc1ccccn1)C(=O)c1cn2c3c(c(NCCN4CCCC4)c(F)cc3c1=O)Oc1cc3c(cc1-2)oc1ccccc13. The first-order chi connectivity index (χ1) is 22.5. The highest BCUT2D eigenvalue weighted by molar-refractivity contribution is 6.07. The average molecular weight is 618 g/mol. The van der Waals surface area contributed by atoms with E-state index in [4.69, 9.17) is 9.15 Å². The van der Waals surface area contributed by atoms with Crippen molar-refractivity contribution in [3.63, 3.8) is 0 Å². The fourth-order valence-corrected chi connectivity index (χ4v) is 6.63. The number of carbonyl (C=O) groups is 1. The number of aromatic nitrogens is 2. The summed E-state index contributed by atoms with van der Waals surface area (Å²) in [5, 5.41) is 5.09. The van der Waals surface area contributed by atoms with Crippen molar-refractivity contribution in [2.75, 3.05) is 45.1 Å².